The van der Waals surface area contributed by atoms with Gasteiger partial charge in [0, 0.05) is 31.4 Å². The number of likely N-dealkylation sites (tertiary alicyclic amines) is 2. The number of piperidine rings is 1. The highest BCUT2D eigenvalue weighted by Crippen LogP contribution is 2.50. The third kappa shape index (κ3) is 7.80. The smallest absolute Gasteiger partial charge is 0.411 e. The molecule has 2 aromatic heterocycles. The van der Waals surface area contributed by atoms with Crippen LogP contribution in [0, 0.1) is 11.8 Å². The molecule has 3 N–H and O–H groups in total. The van der Waals surface area contributed by atoms with Crippen LogP contribution in [-0.4, -0.2) is 92.4 Å². The fraction of sp³-hybridized carbons (Fsp3) is 0.457. The number of carbonyl (C=O) groups excluding carboxylic acids is 3. The van der Waals surface area contributed by atoms with E-state index in [1.807, 2.05) is 43.0 Å². The van der Waals surface area contributed by atoms with E-state index in [1.54, 1.807) is 0 Å². The van der Waals surface area contributed by atoms with E-state index in [9.17, 15) is 14.4 Å². The van der Waals surface area contributed by atoms with Gasteiger partial charge in [0.15, 0.2) is 0 Å². The zero-order chi connectivity index (χ0) is 40.8. The number of H-pyrrole nitrogens is 2. The summed E-state index contributed by atoms with van der Waals surface area (Å²) in [5, 5.41) is 5.05. The van der Waals surface area contributed by atoms with E-state index >= 15 is 0 Å². The van der Waals surface area contributed by atoms with Crippen molar-refractivity contribution < 1.29 is 28.6 Å². The van der Waals surface area contributed by atoms with Crippen molar-refractivity contribution in [3.05, 3.63) is 84.7 Å². The number of hydrogen-bond acceptors (Lipinski definition) is 8. The van der Waals surface area contributed by atoms with Crippen LogP contribution in [0.15, 0.2) is 73.1 Å². The number of nitrogens with one attached hydrogen (secondary N) is 3. The molecule has 1 saturated carbocycles. The lowest BCUT2D eigenvalue weighted by Gasteiger charge is -2.35. The monoisotopic (exact) mass is 799 g/mol. The molecule has 3 saturated heterocycles. The van der Waals surface area contributed by atoms with E-state index in [4.69, 9.17) is 24.2 Å². The average molecular weight is 800 g/mol. The first-order chi connectivity index (χ1) is 28.5. The number of carbonyl (C=O) groups is 3. The third-order valence-electron chi connectivity index (χ3n) is 12.7. The van der Waals surface area contributed by atoms with Crippen molar-refractivity contribution in [3.63, 3.8) is 0 Å². The van der Waals surface area contributed by atoms with Crippen LogP contribution in [0.25, 0.3) is 44.4 Å². The normalized spacial score (nSPS) is 22.5. The molecule has 5 heterocycles. The molecule has 13 nitrogen and oxygen atoms in total. The van der Waals surface area contributed by atoms with E-state index in [-0.39, 0.29) is 36.0 Å². The fourth-order valence-corrected chi connectivity index (χ4v) is 9.75. The quantitative estimate of drug-likeness (QED) is 0.141. The minimum absolute atomic E-state index is 0.0187. The SMILES string of the molecule is COC(=O)NC(C(=O)N1CCCC1c1ncc(-c2ccc3cc(-c4ccc(-c5cnc(C6C7CCC(C7)N6C(=O)OC(C)(C)C)[nH]5)cc4)ccc3c2)[nH]1)C1CCOCC1. The van der Waals surface area contributed by atoms with E-state index < -0.39 is 17.7 Å². The van der Waals surface area contributed by atoms with Crippen LogP contribution in [0.1, 0.15) is 89.4 Å². The van der Waals surface area contributed by atoms with Crippen molar-refractivity contribution >= 4 is 28.9 Å². The summed E-state index contributed by atoms with van der Waals surface area (Å²) in [5.41, 5.74) is 5.53. The van der Waals surface area contributed by atoms with E-state index in [2.05, 4.69) is 75.9 Å². The molecule has 5 aromatic rings. The highest BCUT2D eigenvalue weighted by molar-refractivity contribution is 5.91. The number of alkyl carbamates (subject to hydrolysis) is 1. The Bertz CT molecular complexity index is 2340. The van der Waals surface area contributed by atoms with Crippen LogP contribution < -0.4 is 5.32 Å². The summed E-state index contributed by atoms with van der Waals surface area (Å²) in [4.78, 5) is 59.9. The van der Waals surface area contributed by atoms with Gasteiger partial charge in [0.05, 0.1) is 43.0 Å². The third-order valence-corrected chi connectivity index (χ3v) is 12.7. The summed E-state index contributed by atoms with van der Waals surface area (Å²) in [6.45, 7) is 7.46. The van der Waals surface area contributed by atoms with E-state index in [0.717, 1.165) is 88.2 Å². The lowest BCUT2D eigenvalue weighted by Crippen LogP contribution is -2.53. The highest BCUT2D eigenvalue weighted by Gasteiger charge is 2.51. The summed E-state index contributed by atoms with van der Waals surface area (Å²) in [7, 11) is 1.32. The number of nitrogens with zero attached hydrogens (tertiary/aromatic N) is 4. The van der Waals surface area contributed by atoms with Crippen LogP contribution in [-0.2, 0) is 19.0 Å². The van der Waals surface area contributed by atoms with Gasteiger partial charge in [-0.25, -0.2) is 19.6 Å². The average Bonchev–Trinajstić information content (AvgIpc) is 4.10. The van der Waals surface area contributed by atoms with E-state index in [1.165, 1.54) is 7.11 Å². The lowest BCUT2D eigenvalue weighted by molar-refractivity contribution is -0.136. The van der Waals surface area contributed by atoms with Crippen LogP contribution in [0.5, 0.6) is 0 Å². The molecule has 59 heavy (non-hydrogen) atoms. The maximum absolute atomic E-state index is 14.0. The number of ether oxygens (including phenoxy) is 3. The largest absolute Gasteiger partial charge is 0.453 e. The molecule has 1 aliphatic carbocycles. The van der Waals surface area contributed by atoms with Gasteiger partial charge in [-0.3, -0.25) is 9.69 Å². The van der Waals surface area contributed by atoms with Crippen molar-refractivity contribution in [2.24, 2.45) is 11.8 Å². The number of amides is 3. The summed E-state index contributed by atoms with van der Waals surface area (Å²) in [6.07, 6.45) is 9.00. The predicted octanol–water partition coefficient (Wildman–Crippen LogP) is 8.56. The molecule has 9 rings (SSSR count). The Morgan fingerprint density at radius 3 is 2.19 bits per heavy atom. The molecule has 2 bridgehead atoms. The second-order valence-corrected chi connectivity index (χ2v) is 17.5. The van der Waals surface area contributed by atoms with Crippen molar-refractivity contribution in [2.45, 2.75) is 95.5 Å². The molecular formula is C46H53N7O6. The topological polar surface area (TPSA) is 155 Å². The first kappa shape index (κ1) is 38.8. The molecule has 0 radical (unpaired) electrons. The van der Waals surface area contributed by atoms with Gasteiger partial charge in [0.1, 0.15) is 23.3 Å². The molecule has 13 heteroatoms. The number of fused-ring (bicyclic) bond motifs is 3. The van der Waals surface area contributed by atoms with Crippen LogP contribution in [0.4, 0.5) is 9.59 Å². The molecule has 3 aliphatic heterocycles. The molecule has 0 spiro atoms. The van der Waals surface area contributed by atoms with Crippen molar-refractivity contribution in [1.29, 1.82) is 0 Å². The molecule has 5 atom stereocenters. The lowest BCUT2D eigenvalue weighted by atomic mass is 9.90. The van der Waals surface area contributed by atoms with Crippen LogP contribution in [0.3, 0.4) is 0 Å². The number of rotatable bonds is 8. The Morgan fingerprint density at radius 2 is 1.46 bits per heavy atom. The molecule has 3 aromatic carbocycles. The maximum Gasteiger partial charge on any atom is 0.411 e. The first-order valence-electron chi connectivity index (χ1n) is 21.0. The molecule has 3 amide bonds. The zero-order valence-electron chi connectivity index (χ0n) is 34.2. The second kappa shape index (κ2) is 15.8. The summed E-state index contributed by atoms with van der Waals surface area (Å²) >= 11 is 0. The highest BCUT2D eigenvalue weighted by atomic mass is 16.6. The van der Waals surface area contributed by atoms with Crippen molar-refractivity contribution in [3.8, 4) is 33.6 Å². The van der Waals surface area contributed by atoms with Crippen molar-refractivity contribution in [1.82, 2.24) is 35.1 Å². The zero-order valence-corrected chi connectivity index (χ0v) is 34.2. The van der Waals surface area contributed by atoms with Gasteiger partial charge in [-0.05, 0) is 117 Å². The Labute approximate surface area is 344 Å². The number of imidazole rings is 2. The Morgan fingerprint density at radius 1 is 0.814 bits per heavy atom. The number of aromatic nitrogens is 4. The standard InChI is InChI=1S/C46H53N7O6/c1-46(2,3)59-45(56)53-35-16-15-34(24-35)40(53)42-48-25-36(50-42)28-9-7-27(8-10-28)30-11-12-32-23-33(14-13-31(32)22-30)37-26-47-41(49-37)38-6-5-19-52(38)43(54)39(51-44(55)57-4)29-17-20-58-21-18-29/h7-14,22-23,25-26,29,34-35,38-40H,5-6,15-21,24H2,1-4H3,(H,47,49)(H,48,50)(H,51,55). The maximum atomic E-state index is 14.0. The minimum Gasteiger partial charge on any atom is -0.453 e. The van der Waals surface area contributed by atoms with Crippen LogP contribution in [0.2, 0.25) is 0 Å². The molecule has 4 aliphatic rings. The number of benzene rings is 3. The summed E-state index contributed by atoms with van der Waals surface area (Å²) < 4.78 is 16.2. The fourth-order valence-electron chi connectivity index (χ4n) is 9.75. The molecular weight excluding hydrogens is 747 g/mol. The number of methoxy groups -OCH3 is 1. The van der Waals surface area contributed by atoms with Gasteiger partial charge >= 0.3 is 12.2 Å². The Balaban J connectivity index is 0.881. The Hall–Kier alpha value is -5.69. The van der Waals surface area contributed by atoms with Gasteiger partial charge < -0.3 is 34.4 Å². The van der Waals surface area contributed by atoms with Gasteiger partial charge in [-0.15, -0.1) is 0 Å². The van der Waals surface area contributed by atoms with Gasteiger partial charge in [-0.2, -0.15) is 0 Å². The summed E-state index contributed by atoms with van der Waals surface area (Å²) in [5.74, 6) is 1.83. The number of aromatic amines is 2. The second-order valence-electron chi connectivity index (χ2n) is 17.5. The predicted molar refractivity (Wildman–Crippen MR) is 223 cm³/mol. The van der Waals surface area contributed by atoms with Crippen molar-refractivity contribution in [2.75, 3.05) is 26.9 Å². The molecule has 4 fully saturated rings. The molecule has 5 unspecified atom stereocenters. The van der Waals surface area contributed by atoms with Gasteiger partial charge in [0.2, 0.25) is 5.91 Å². The number of hydrogen-bond donors (Lipinski definition) is 3. The van der Waals surface area contributed by atoms with Crippen LogP contribution >= 0.6 is 0 Å². The Kier molecular flexibility index (Phi) is 10.4. The molecule has 308 valence electrons. The van der Waals surface area contributed by atoms with Gasteiger partial charge in [0.25, 0.3) is 0 Å². The van der Waals surface area contributed by atoms with E-state index in [0.29, 0.717) is 38.5 Å². The van der Waals surface area contributed by atoms with Gasteiger partial charge in [-0.1, -0.05) is 48.5 Å². The minimum atomic E-state index is -0.675. The summed E-state index contributed by atoms with van der Waals surface area (Å²) in [6, 6.07) is 20.6. The first-order valence-corrected chi connectivity index (χ1v) is 21.0.